The van der Waals surface area contributed by atoms with E-state index in [1.807, 2.05) is 0 Å². The molecule has 0 aromatic carbocycles. The third-order valence-corrected chi connectivity index (χ3v) is 1.82. The molecule has 0 bridgehead atoms. The van der Waals surface area contributed by atoms with Crippen LogP contribution >= 0.6 is 0 Å². The van der Waals surface area contributed by atoms with Gasteiger partial charge < -0.3 is 25.2 Å². The summed E-state index contributed by atoms with van der Waals surface area (Å²) < 4.78 is 17.1. The Morgan fingerprint density at radius 1 is 1.17 bits per heavy atom. The Labute approximate surface area is 68.0 Å². The van der Waals surface area contributed by atoms with Crippen LogP contribution in [0.25, 0.3) is 0 Å². The number of aliphatic hydroxyl groups excluding tert-OH is 4. The lowest BCUT2D eigenvalue weighted by atomic mass is 10.1. The minimum atomic E-state index is -2.04. The second-order valence-corrected chi connectivity index (χ2v) is 2.67. The summed E-state index contributed by atoms with van der Waals surface area (Å²) in [7, 11) is 0. The van der Waals surface area contributed by atoms with Crippen molar-refractivity contribution in [1.29, 1.82) is 0 Å². The van der Waals surface area contributed by atoms with Gasteiger partial charge in [-0.2, -0.15) is 0 Å². The second-order valence-electron chi connectivity index (χ2n) is 2.67. The Balaban J connectivity index is 2.63. The highest BCUT2D eigenvalue weighted by Crippen LogP contribution is 2.21. The van der Waals surface area contributed by atoms with Crippen LogP contribution in [0.3, 0.4) is 0 Å². The molecule has 72 valence electrons. The van der Waals surface area contributed by atoms with Crippen LogP contribution in [-0.2, 0) is 4.74 Å². The molecular weight excluding hydrogens is 172 g/mol. The van der Waals surface area contributed by atoms with Crippen molar-refractivity contribution >= 4 is 0 Å². The van der Waals surface area contributed by atoms with E-state index in [9.17, 15) is 4.39 Å². The maximum atomic E-state index is 12.7. The Bertz CT molecular complexity index is 150. The Morgan fingerprint density at radius 3 is 2.25 bits per heavy atom. The first-order valence-corrected chi connectivity index (χ1v) is 3.52. The molecule has 1 aliphatic heterocycles. The maximum Gasteiger partial charge on any atom is 0.189 e. The van der Waals surface area contributed by atoms with E-state index in [4.69, 9.17) is 20.4 Å². The lowest BCUT2D eigenvalue weighted by Crippen LogP contribution is -2.56. The van der Waals surface area contributed by atoms with E-state index in [2.05, 4.69) is 4.74 Å². The highest BCUT2D eigenvalue weighted by Gasteiger charge is 2.43. The highest BCUT2D eigenvalue weighted by molar-refractivity contribution is 4.88. The van der Waals surface area contributed by atoms with Crippen molar-refractivity contribution in [2.75, 3.05) is 6.61 Å². The van der Waals surface area contributed by atoms with Crippen LogP contribution in [0.15, 0.2) is 0 Å². The molecule has 1 aliphatic rings. The molecule has 1 rings (SSSR count). The lowest BCUT2D eigenvalue weighted by molar-refractivity contribution is -0.271. The fourth-order valence-electron chi connectivity index (χ4n) is 1.06. The van der Waals surface area contributed by atoms with Crippen LogP contribution in [0.4, 0.5) is 4.39 Å². The number of alkyl halides is 1. The van der Waals surface area contributed by atoms with Gasteiger partial charge in [0.2, 0.25) is 0 Å². The van der Waals surface area contributed by atoms with Gasteiger partial charge in [0.05, 0.1) is 6.61 Å². The molecule has 0 saturated carbocycles. The van der Waals surface area contributed by atoms with Crippen LogP contribution in [0.2, 0.25) is 0 Å². The quantitative estimate of drug-likeness (QED) is 0.345. The SMILES string of the molecule is OC[C@H]1O[13CH](O)[C@H](F)[C@@H](O)[C@@H]1O. The van der Waals surface area contributed by atoms with Gasteiger partial charge in [0, 0.05) is 0 Å². The summed E-state index contributed by atoms with van der Waals surface area (Å²) in [6.45, 7) is -0.581. The topological polar surface area (TPSA) is 90.2 Å². The van der Waals surface area contributed by atoms with Crippen LogP contribution in [0, 0.1) is 0 Å². The fraction of sp³-hybridized carbons (Fsp3) is 1.00. The molecule has 1 heterocycles. The summed E-state index contributed by atoms with van der Waals surface area (Å²) in [5, 5.41) is 35.3. The maximum absolute atomic E-state index is 12.7. The van der Waals surface area contributed by atoms with Crippen LogP contribution < -0.4 is 0 Å². The first kappa shape index (κ1) is 9.82. The molecule has 0 amide bonds. The molecule has 5 nitrogen and oxygen atoms in total. The van der Waals surface area contributed by atoms with Gasteiger partial charge in [0.15, 0.2) is 12.5 Å². The minimum Gasteiger partial charge on any atom is -0.394 e. The predicted octanol–water partition coefficient (Wildman–Crippen LogP) is -2.24. The average molecular weight is 183 g/mol. The zero-order valence-corrected chi connectivity index (χ0v) is 6.17. The van der Waals surface area contributed by atoms with Crippen molar-refractivity contribution in [3.8, 4) is 0 Å². The third kappa shape index (κ3) is 1.57. The van der Waals surface area contributed by atoms with E-state index >= 15 is 0 Å². The van der Waals surface area contributed by atoms with Gasteiger partial charge in [-0.3, -0.25) is 0 Å². The molecule has 12 heavy (non-hydrogen) atoms. The minimum absolute atomic E-state index is 0.581. The van der Waals surface area contributed by atoms with E-state index in [1.165, 1.54) is 0 Å². The van der Waals surface area contributed by atoms with Crippen LogP contribution in [-0.4, -0.2) is 57.8 Å². The van der Waals surface area contributed by atoms with Crippen molar-refractivity contribution in [2.45, 2.75) is 30.8 Å². The van der Waals surface area contributed by atoms with Crippen molar-refractivity contribution in [2.24, 2.45) is 0 Å². The molecule has 0 aliphatic carbocycles. The molecule has 0 aromatic rings. The molecule has 0 aromatic heterocycles. The zero-order valence-electron chi connectivity index (χ0n) is 6.17. The number of rotatable bonds is 1. The first-order chi connectivity index (χ1) is 5.57. The van der Waals surface area contributed by atoms with Gasteiger partial charge in [-0.05, 0) is 0 Å². The molecular formula is C6H11FO5. The normalized spacial score (nSPS) is 49.2. The number of aliphatic hydroxyl groups is 4. The fourth-order valence-corrected chi connectivity index (χ4v) is 1.06. The largest absolute Gasteiger partial charge is 0.394 e. The monoisotopic (exact) mass is 183 g/mol. The molecule has 0 radical (unpaired) electrons. The van der Waals surface area contributed by atoms with E-state index in [0.29, 0.717) is 0 Å². The third-order valence-electron chi connectivity index (χ3n) is 1.82. The number of hydrogen-bond acceptors (Lipinski definition) is 5. The molecule has 4 N–H and O–H groups in total. The Morgan fingerprint density at radius 2 is 1.75 bits per heavy atom. The lowest BCUT2D eigenvalue weighted by Gasteiger charge is -2.36. The molecule has 5 atom stereocenters. The van der Waals surface area contributed by atoms with E-state index in [0.717, 1.165) is 0 Å². The summed E-state index contributed by atoms with van der Waals surface area (Å²) >= 11 is 0. The first-order valence-electron chi connectivity index (χ1n) is 3.52. The molecule has 0 spiro atoms. The van der Waals surface area contributed by atoms with Crippen molar-refractivity contribution in [3.05, 3.63) is 0 Å². The smallest absolute Gasteiger partial charge is 0.189 e. The van der Waals surface area contributed by atoms with Gasteiger partial charge in [0.1, 0.15) is 18.3 Å². The predicted molar refractivity (Wildman–Crippen MR) is 34.9 cm³/mol. The summed E-state index contributed by atoms with van der Waals surface area (Å²) in [6.07, 6.45) is -8.19. The summed E-state index contributed by atoms with van der Waals surface area (Å²) in [5.74, 6) is 0. The van der Waals surface area contributed by atoms with Crippen molar-refractivity contribution in [1.82, 2.24) is 0 Å². The number of ether oxygens (including phenoxy) is 1. The molecule has 1 unspecified atom stereocenters. The Hall–Kier alpha value is -0.270. The standard InChI is InChI=1S/C6H11FO5/c7-3-5(10)4(9)2(1-8)12-6(3)11/h2-6,8-11H,1H2/t2-,3-,4-,5-,6?/m1/s1/i6+1. The van der Waals surface area contributed by atoms with Gasteiger partial charge in [0.25, 0.3) is 0 Å². The number of hydrogen-bond donors (Lipinski definition) is 4. The summed E-state index contributed by atoms with van der Waals surface area (Å²) in [4.78, 5) is 0. The van der Waals surface area contributed by atoms with Gasteiger partial charge in [-0.15, -0.1) is 0 Å². The van der Waals surface area contributed by atoms with E-state index in [-0.39, 0.29) is 0 Å². The van der Waals surface area contributed by atoms with E-state index < -0.39 is 37.4 Å². The molecule has 1 fully saturated rings. The second kappa shape index (κ2) is 3.63. The van der Waals surface area contributed by atoms with E-state index in [1.54, 1.807) is 0 Å². The molecule has 1 saturated heterocycles. The summed E-state index contributed by atoms with van der Waals surface area (Å²) in [6, 6.07) is 0. The van der Waals surface area contributed by atoms with Gasteiger partial charge >= 0.3 is 0 Å². The Kier molecular flexibility index (Phi) is 2.97. The zero-order chi connectivity index (χ0) is 9.30. The summed E-state index contributed by atoms with van der Waals surface area (Å²) in [5.41, 5.74) is 0. The van der Waals surface area contributed by atoms with Gasteiger partial charge in [-0.25, -0.2) is 4.39 Å². The van der Waals surface area contributed by atoms with Crippen molar-refractivity contribution < 1.29 is 29.6 Å². The van der Waals surface area contributed by atoms with Gasteiger partial charge in [-0.1, -0.05) is 0 Å². The van der Waals surface area contributed by atoms with Crippen LogP contribution in [0.1, 0.15) is 0 Å². The van der Waals surface area contributed by atoms with Crippen molar-refractivity contribution in [3.63, 3.8) is 0 Å². The average Bonchev–Trinajstić information content (AvgIpc) is 2.08. The number of halogens is 1. The van der Waals surface area contributed by atoms with Crippen LogP contribution in [0.5, 0.6) is 0 Å². The highest BCUT2D eigenvalue weighted by atomic mass is 19.1. The molecule has 6 heteroatoms.